The first kappa shape index (κ1) is 25.2. The molecule has 0 N–H and O–H groups in total. The van der Waals surface area contributed by atoms with Crippen molar-refractivity contribution >= 4 is 0 Å². The molecule has 0 spiro atoms. The molecule has 0 radical (unpaired) electrons. The third-order valence-electron chi connectivity index (χ3n) is 5.50. The molecule has 2 aliphatic rings. The van der Waals surface area contributed by atoms with Gasteiger partial charge in [-0.15, -0.1) is 0 Å². The number of benzene rings is 2. The molecule has 1 aliphatic carbocycles. The molecule has 1 saturated heterocycles. The third-order valence-corrected chi connectivity index (χ3v) is 5.50. The average Bonchev–Trinajstić information content (AvgIpc) is 2.76. The maximum atomic E-state index is 14.7. The van der Waals surface area contributed by atoms with Gasteiger partial charge in [0, 0.05) is 29.9 Å². The maximum absolute atomic E-state index is 14.7. The topological polar surface area (TPSA) is 27.7 Å². The largest absolute Gasteiger partial charge is 0.432 e. The molecule has 1 aliphatic heterocycles. The molecule has 188 valence electrons. The van der Waals surface area contributed by atoms with Crippen molar-refractivity contribution in [2.75, 3.05) is 13.2 Å². The lowest BCUT2D eigenvalue weighted by Gasteiger charge is -2.33. The van der Waals surface area contributed by atoms with Crippen molar-refractivity contribution in [3.05, 3.63) is 76.9 Å². The van der Waals surface area contributed by atoms with E-state index < -0.39 is 82.1 Å². The van der Waals surface area contributed by atoms with E-state index in [2.05, 4.69) is 4.74 Å². The summed E-state index contributed by atoms with van der Waals surface area (Å²) in [6, 6.07) is 3.14. The Labute approximate surface area is 194 Å². The van der Waals surface area contributed by atoms with Crippen LogP contribution in [0, 0.1) is 35.1 Å². The number of ether oxygens (including phenoxy) is 3. The van der Waals surface area contributed by atoms with Gasteiger partial charge in [0.2, 0.25) is 0 Å². The molecular formula is C24H18F8O3. The van der Waals surface area contributed by atoms with Crippen LogP contribution in [-0.4, -0.2) is 25.6 Å². The van der Waals surface area contributed by atoms with E-state index in [0.29, 0.717) is 18.2 Å². The SMILES string of the molecule is CC1COC(C2C=C(F)C(C(F)(F)Oc3ccc(-c4cc(F)c(F)c(F)c4)c(F)c3)=C(F)C2)OC1. The number of hydrogen-bond donors (Lipinski definition) is 0. The standard InChI is InChI=1S/C24H18F8O3/c1-11-9-33-23(34-10-11)13-6-17(26)21(18(27)7-13)24(31,32)35-14-2-3-15(16(25)8-14)12-4-19(28)22(30)20(29)5-12/h2-6,8,11,13,23H,7,9-10H2,1H3. The van der Waals surface area contributed by atoms with Crippen molar-refractivity contribution in [2.45, 2.75) is 25.7 Å². The van der Waals surface area contributed by atoms with Gasteiger partial charge in [0.25, 0.3) is 0 Å². The lowest BCUT2D eigenvalue weighted by molar-refractivity contribution is -0.215. The summed E-state index contributed by atoms with van der Waals surface area (Å²) in [5.41, 5.74) is -2.50. The van der Waals surface area contributed by atoms with Gasteiger partial charge in [-0.25, -0.2) is 26.3 Å². The molecule has 3 nitrogen and oxygen atoms in total. The first-order valence-corrected chi connectivity index (χ1v) is 10.5. The van der Waals surface area contributed by atoms with Crippen molar-refractivity contribution in [1.82, 2.24) is 0 Å². The van der Waals surface area contributed by atoms with Crippen LogP contribution in [0.2, 0.25) is 0 Å². The van der Waals surface area contributed by atoms with Crippen LogP contribution < -0.4 is 4.74 Å². The summed E-state index contributed by atoms with van der Waals surface area (Å²) in [5, 5.41) is 0. The Bertz CT molecular complexity index is 1160. The van der Waals surface area contributed by atoms with E-state index >= 15 is 0 Å². The summed E-state index contributed by atoms with van der Waals surface area (Å²) in [5.74, 6) is -11.0. The lowest BCUT2D eigenvalue weighted by atomic mass is 9.93. The summed E-state index contributed by atoms with van der Waals surface area (Å²) in [4.78, 5) is 0. The molecule has 0 saturated carbocycles. The van der Waals surface area contributed by atoms with E-state index in [1.54, 1.807) is 0 Å². The maximum Gasteiger partial charge on any atom is 0.432 e. The molecule has 35 heavy (non-hydrogen) atoms. The monoisotopic (exact) mass is 506 g/mol. The van der Waals surface area contributed by atoms with Gasteiger partial charge in [-0.1, -0.05) is 6.92 Å². The number of rotatable bonds is 5. The van der Waals surface area contributed by atoms with Crippen LogP contribution in [-0.2, 0) is 9.47 Å². The molecule has 2 aromatic rings. The van der Waals surface area contributed by atoms with Crippen molar-refractivity contribution in [3.8, 4) is 16.9 Å². The predicted octanol–water partition coefficient (Wildman–Crippen LogP) is 6.99. The van der Waals surface area contributed by atoms with Crippen molar-refractivity contribution in [2.24, 2.45) is 11.8 Å². The Balaban J connectivity index is 1.53. The quantitative estimate of drug-likeness (QED) is 0.323. The van der Waals surface area contributed by atoms with Gasteiger partial charge in [-0.2, -0.15) is 8.78 Å². The number of halogens is 8. The van der Waals surface area contributed by atoms with Crippen molar-refractivity contribution < 1.29 is 49.3 Å². The summed E-state index contributed by atoms with van der Waals surface area (Å²) >= 11 is 0. The van der Waals surface area contributed by atoms with Gasteiger partial charge in [-0.3, -0.25) is 0 Å². The molecular weight excluding hydrogens is 488 g/mol. The number of allylic oxidation sites excluding steroid dienone is 1. The second-order valence-electron chi connectivity index (χ2n) is 8.32. The van der Waals surface area contributed by atoms with Crippen LogP contribution in [0.4, 0.5) is 35.1 Å². The minimum absolute atomic E-state index is 0.0743. The smallest absolute Gasteiger partial charge is 0.429 e. The van der Waals surface area contributed by atoms with E-state index in [1.807, 2.05) is 6.92 Å². The molecule has 0 bridgehead atoms. The average molecular weight is 506 g/mol. The molecule has 1 atom stereocenters. The van der Waals surface area contributed by atoms with Gasteiger partial charge in [0.1, 0.15) is 28.8 Å². The van der Waals surface area contributed by atoms with Gasteiger partial charge >= 0.3 is 6.11 Å². The predicted molar refractivity (Wildman–Crippen MR) is 108 cm³/mol. The van der Waals surface area contributed by atoms with E-state index in [0.717, 1.165) is 18.2 Å². The van der Waals surface area contributed by atoms with Crippen LogP contribution in [0.1, 0.15) is 13.3 Å². The fourth-order valence-electron chi connectivity index (χ4n) is 3.81. The first-order chi connectivity index (χ1) is 16.5. The second-order valence-corrected chi connectivity index (χ2v) is 8.32. The van der Waals surface area contributed by atoms with Crippen LogP contribution in [0.3, 0.4) is 0 Å². The zero-order chi connectivity index (χ0) is 25.5. The molecule has 11 heteroatoms. The number of hydrogen-bond acceptors (Lipinski definition) is 3. The fraction of sp³-hybridized carbons (Fsp3) is 0.333. The van der Waals surface area contributed by atoms with Gasteiger partial charge in [0.05, 0.1) is 13.2 Å². The normalized spacial score (nSPS) is 23.3. The number of alkyl halides is 2. The van der Waals surface area contributed by atoms with Gasteiger partial charge in [-0.05, 0) is 35.9 Å². The zero-order valence-electron chi connectivity index (χ0n) is 18.1. The Morgan fingerprint density at radius 1 is 0.886 bits per heavy atom. The van der Waals surface area contributed by atoms with Crippen LogP contribution in [0.15, 0.2) is 53.6 Å². The Morgan fingerprint density at radius 2 is 1.51 bits per heavy atom. The highest BCUT2D eigenvalue weighted by atomic mass is 19.3. The third kappa shape index (κ3) is 5.20. The molecule has 1 unspecified atom stereocenters. The van der Waals surface area contributed by atoms with E-state index in [-0.39, 0.29) is 19.1 Å². The second kappa shape index (κ2) is 9.62. The van der Waals surface area contributed by atoms with E-state index in [4.69, 9.17) is 9.47 Å². The molecule has 4 rings (SSSR count). The molecule has 1 fully saturated rings. The summed E-state index contributed by atoms with van der Waals surface area (Å²) < 4.78 is 128. The summed E-state index contributed by atoms with van der Waals surface area (Å²) in [7, 11) is 0. The highest BCUT2D eigenvalue weighted by Gasteiger charge is 2.46. The Morgan fingerprint density at radius 3 is 2.09 bits per heavy atom. The first-order valence-electron chi connectivity index (χ1n) is 10.5. The minimum Gasteiger partial charge on any atom is -0.429 e. The van der Waals surface area contributed by atoms with E-state index in [9.17, 15) is 35.1 Å². The molecule has 0 aromatic heterocycles. The highest BCUT2D eigenvalue weighted by Crippen LogP contribution is 2.43. The summed E-state index contributed by atoms with van der Waals surface area (Å²) in [6.07, 6.45) is -5.39. The molecule has 1 heterocycles. The zero-order valence-corrected chi connectivity index (χ0v) is 18.1. The van der Waals surface area contributed by atoms with Gasteiger partial charge in [0.15, 0.2) is 23.7 Å². The molecule has 2 aromatic carbocycles. The summed E-state index contributed by atoms with van der Waals surface area (Å²) in [6.45, 7) is 2.41. The van der Waals surface area contributed by atoms with Crippen LogP contribution in [0.25, 0.3) is 11.1 Å². The van der Waals surface area contributed by atoms with Crippen molar-refractivity contribution in [3.63, 3.8) is 0 Å². The van der Waals surface area contributed by atoms with Crippen molar-refractivity contribution in [1.29, 1.82) is 0 Å². The lowest BCUT2D eigenvalue weighted by Crippen LogP contribution is -2.37. The Hall–Kier alpha value is -2.92. The fourth-order valence-corrected chi connectivity index (χ4v) is 3.81. The van der Waals surface area contributed by atoms with Crippen LogP contribution in [0.5, 0.6) is 5.75 Å². The highest BCUT2D eigenvalue weighted by molar-refractivity contribution is 5.65. The minimum atomic E-state index is -4.53. The van der Waals surface area contributed by atoms with E-state index in [1.165, 1.54) is 0 Å². The van der Waals surface area contributed by atoms with Crippen LogP contribution >= 0.6 is 0 Å². The molecule has 0 amide bonds. The van der Waals surface area contributed by atoms with Gasteiger partial charge < -0.3 is 14.2 Å². The Kier molecular flexibility index (Phi) is 6.92.